The summed E-state index contributed by atoms with van der Waals surface area (Å²) in [5, 5.41) is 33.0. The summed E-state index contributed by atoms with van der Waals surface area (Å²) in [6.07, 6.45) is 4.20. The van der Waals surface area contributed by atoms with Crippen molar-refractivity contribution < 1.29 is 56.8 Å². The monoisotopic (exact) mass is 1340 g/mol. The predicted molar refractivity (Wildman–Crippen MR) is 362 cm³/mol. The topological polar surface area (TPSA) is 297 Å². The number of thiazole rings is 1. The summed E-state index contributed by atoms with van der Waals surface area (Å²) in [5.74, 6) is -2.19. The molecule has 95 heavy (non-hydrogen) atoms. The number of aromatic nitrogens is 2. The number of hydrogen-bond donors (Lipinski definition) is 6. The number of halogens is 2. The van der Waals surface area contributed by atoms with Gasteiger partial charge in [-0.2, -0.15) is 0 Å². The van der Waals surface area contributed by atoms with Crippen molar-refractivity contribution in [3.8, 4) is 28.2 Å². The van der Waals surface area contributed by atoms with Crippen LogP contribution in [0.15, 0.2) is 136 Å². The highest BCUT2D eigenvalue weighted by molar-refractivity contribution is 7.13. The predicted octanol–water partition coefficient (Wildman–Crippen LogP) is 10.5. The number of carboxylic acid groups (broad SMARTS) is 1. The average Bonchev–Trinajstić information content (AvgIpc) is 0.922. The summed E-state index contributed by atoms with van der Waals surface area (Å²) in [7, 11) is 7.74. The molecule has 2 aromatic heterocycles. The standard InChI is InChI=1S/C69H76ClFN12O11S/c1-82(2)48-18-21-52-58(41-48)94-59-42-49(83(3)4)19-22-53(59)62(52)51-20-15-45(40-54(51)66(87)88)64(85)73-28-7-32-90-34-36-92-37-35-91-33-8-29-74-65(86)56(39-44-13-16-46(17-14-44)80-81-72)78-61(84)25-30-75-67(89)69(43-47-9-5-12-60(77-47)79-68-76-31-38-95-68)26-23-50(24-27-69)93-57-11-6-10-55(70)63(57)71/h5-6,9-22,31,38,40-42,50,56H,7-8,23-30,32-37,39,43H2,1-4H3,(H5-,73,74,75,76,77,78,79,84,85,86,87,88,89)/p+1/t50?,56-,69?/m1/s1. The van der Waals surface area contributed by atoms with E-state index in [9.17, 15) is 33.5 Å². The first-order valence-corrected chi connectivity index (χ1v) is 32.5. The lowest BCUT2D eigenvalue weighted by atomic mass is 9.69. The summed E-state index contributed by atoms with van der Waals surface area (Å²) >= 11 is 7.46. The minimum Gasteiger partial charge on any atom is -0.487 e. The van der Waals surface area contributed by atoms with Crippen LogP contribution in [0.1, 0.15) is 76.9 Å². The van der Waals surface area contributed by atoms with E-state index in [0.29, 0.717) is 135 Å². The SMILES string of the molecule is CN(C)c1ccc2c(-c3ccc(C(=O)NCCCOCCOCCOCCCNC(=O)[C@@H](Cc4ccc(N=[N+]=[N-])cc4)NC(=O)CCNC(=O)C4(Cc5cccc(Nc6nccs6)n5)CCC(Oc5cccc(Cl)c5F)CC4)cc3C(=O)O)c3ccc(=[N+](C)C)cc-3oc2c1. The van der Waals surface area contributed by atoms with E-state index in [2.05, 4.69) is 41.6 Å². The highest BCUT2D eigenvalue weighted by Gasteiger charge is 2.43. The fourth-order valence-corrected chi connectivity index (χ4v) is 11.9. The zero-order chi connectivity index (χ0) is 67.3. The van der Waals surface area contributed by atoms with E-state index in [1.807, 2.05) is 97.6 Å². The summed E-state index contributed by atoms with van der Waals surface area (Å²) in [6.45, 7) is 2.41. The number of rotatable bonds is 33. The molecule has 1 saturated carbocycles. The fourth-order valence-electron chi connectivity index (χ4n) is 11.2. The van der Waals surface area contributed by atoms with E-state index >= 15 is 0 Å². The lowest BCUT2D eigenvalue weighted by molar-refractivity contribution is -0.134. The van der Waals surface area contributed by atoms with Crippen LogP contribution < -0.4 is 46.2 Å². The molecule has 0 saturated heterocycles. The molecule has 3 aliphatic rings. The van der Waals surface area contributed by atoms with Gasteiger partial charge in [-0.05, 0) is 110 Å². The van der Waals surface area contributed by atoms with Crippen molar-refractivity contribution in [2.45, 2.75) is 69.9 Å². The van der Waals surface area contributed by atoms with E-state index in [0.717, 1.165) is 22.0 Å². The number of azide groups is 1. The largest absolute Gasteiger partial charge is 0.487 e. The number of carbonyl (C=O) groups is 5. The summed E-state index contributed by atoms with van der Waals surface area (Å²) in [6, 6.07) is 32.1. The molecule has 0 unspecified atom stereocenters. The van der Waals surface area contributed by atoms with Crippen molar-refractivity contribution in [3.63, 3.8) is 0 Å². The smallest absolute Gasteiger partial charge is 0.336 e. The number of nitrogens with zero attached hydrogens (tertiary/aromatic N) is 7. The van der Waals surface area contributed by atoms with Gasteiger partial charge in [0, 0.05) is 134 Å². The van der Waals surface area contributed by atoms with Gasteiger partial charge in [0.2, 0.25) is 23.1 Å². The first kappa shape index (κ1) is 69.8. The van der Waals surface area contributed by atoms with Crippen LogP contribution in [0.2, 0.25) is 5.02 Å². The second-order valence-corrected chi connectivity index (χ2v) is 24.6. The Bertz CT molecular complexity index is 4060. The summed E-state index contributed by atoms with van der Waals surface area (Å²) in [5.41, 5.74) is 13.3. The van der Waals surface area contributed by atoms with Crippen LogP contribution in [0, 0.1) is 11.2 Å². The number of carbonyl (C=O) groups excluding carboxylic acids is 4. The lowest BCUT2D eigenvalue weighted by Gasteiger charge is -2.39. The van der Waals surface area contributed by atoms with E-state index < -0.39 is 41.0 Å². The normalized spacial score (nSPS) is 14.7. The van der Waals surface area contributed by atoms with E-state index in [4.69, 9.17) is 45.5 Å². The van der Waals surface area contributed by atoms with Crippen molar-refractivity contribution in [1.82, 2.24) is 35.8 Å². The summed E-state index contributed by atoms with van der Waals surface area (Å²) in [4.78, 5) is 81.8. The maximum Gasteiger partial charge on any atom is 0.336 e. The molecule has 4 amide bonds. The Morgan fingerprint density at radius 2 is 1.57 bits per heavy atom. The van der Waals surface area contributed by atoms with Gasteiger partial charge in [0.1, 0.15) is 37.3 Å². The quantitative estimate of drug-likeness (QED) is 0.00557. The first-order chi connectivity index (χ1) is 46.0. The Kier molecular flexibility index (Phi) is 25.1. The molecule has 4 aromatic carbocycles. The number of hydrogen-bond acceptors (Lipinski definition) is 16. The van der Waals surface area contributed by atoms with Gasteiger partial charge >= 0.3 is 5.97 Å². The molecule has 2 aliphatic carbocycles. The number of aromatic carboxylic acids is 1. The van der Waals surface area contributed by atoms with Crippen LogP contribution in [-0.2, 0) is 41.4 Å². The van der Waals surface area contributed by atoms with E-state index in [-0.39, 0.29) is 66.3 Å². The van der Waals surface area contributed by atoms with Crippen molar-refractivity contribution in [3.05, 3.63) is 176 Å². The summed E-state index contributed by atoms with van der Waals surface area (Å²) < 4.78 is 46.4. The van der Waals surface area contributed by atoms with Crippen LogP contribution in [0.4, 0.5) is 26.7 Å². The third-order valence-corrected chi connectivity index (χ3v) is 17.1. The number of carboxylic acids is 1. The molecule has 0 radical (unpaired) electrons. The molecular formula is C69H77ClFN12O11S+. The Morgan fingerprint density at radius 1 is 0.853 bits per heavy atom. The number of nitrogens with one attached hydrogen (secondary N) is 5. The third kappa shape index (κ3) is 19.3. The highest BCUT2D eigenvalue weighted by Crippen LogP contribution is 2.44. The van der Waals surface area contributed by atoms with Crippen molar-refractivity contribution in [2.75, 3.05) is 97.7 Å². The number of fused-ring (bicyclic) bond motifs is 2. The van der Waals surface area contributed by atoms with Crippen molar-refractivity contribution >= 4 is 85.8 Å². The number of benzene rings is 5. The van der Waals surface area contributed by atoms with Gasteiger partial charge in [0.25, 0.3) is 5.91 Å². The van der Waals surface area contributed by atoms with Crippen molar-refractivity contribution in [2.24, 2.45) is 10.5 Å². The van der Waals surface area contributed by atoms with Gasteiger partial charge in [-0.15, -0.1) is 11.3 Å². The minimum atomic E-state index is -1.17. The number of pyridine rings is 1. The molecule has 1 fully saturated rings. The second-order valence-electron chi connectivity index (χ2n) is 23.3. The number of ether oxygens (including phenoxy) is 4. The van der Waals surface area contributed by atoms with E-state index in [1.54, 1.807) is 48.7 Å². The van der Waals surface area contributed by atoms with Gasteiger partial charge in [-0.1, -0.05) is 59.2 Å². The van der Waals surface area contributed by atoms with Gasteiger partial charge in [0.05, 0.1) is 54.6 Å². The van der Waals surface area contributed by atoms with Gasteiger partial charge < -0.3 is 60.0 Å². The van der Waals surface area contributed by atoms with Gasteiger partial charge in [0.15, 0.2) is 16.7 Å². The van der Waals surface area contributed by atoms with E-state index in [1.165, 1.54) is 29.5 Å². The molecule has 3 heterocycles. The Balaban J connectivity index is 0.685. The molecule has 1 atom stereocenters. The molecule has 23 nitrogen and oxygen atoms in total. The third-order valence-electron chi connectivity index (χ3n) is 16.2. The average molecular weight is 1340 g/mol. The van der Waals surface area contributed by atoms with Gasteiger partial charge in [-0.25, -0.2) is 23.7 Å². The van der Waals surface area contributed by atoms with Crippen LogP contribution >= 0.6 is 22.9 Å². The van der Waals surface area contributed by atoms with Gasteiger partial charge in [-0.3, -0.25) is 19.2 Å². The van der Waals surface area contributed by atoms with Crippen LogP contribution in [0.3, 0.4) is 0 Å². The Labute approximate surface area is 558 Å². The highest BCUT2D eigenvalue weighted by atomic mass is 35.5. The maximum absolute atomic E-state index is 14.8. The Morgan fingerprint density at radius 3 is 2.26 bits per heavy atom. The second kappa shape index (κ2) is 34.1. The minimum absolute atomic E-state index is 0.0184. The number of anilines is 3. The molecule has 1 aliphatic heterocycles. The van der Waals surface area contributed by atoms with Crippen LogP contribution in [-0.4, -0.2) is 144 Å². The lowest BCUT2D eigenvalue weighted by Crippen LogP contribution is -2.50. The molecule has 0 spiro atoms. The molecule has 9 rings (SSSR count). The fraction of sp³-hybridized carbons (Fsp3) is 0.362. The molecule has 6 N–H and O–H groups in total. The molecule has 0 bridgehead atoms. The zero-order valence-electron chi connectivity index (χ0n) is 53.3. The molecule has 498 valence electrons. The van der Waals surface area contributed by atoms with Crippen molar-refractivity contribution in [1.29, 1.82) is 0 Å². The van der Waals surface area contributed by atoms with Crippen LogP contribution in [0.5, 0.6) is 5.75 Å². The Hall–Kier alpha value is -9.49. The first-order valence-electron chi connectivity index (χ1n) is 31.3. The molecular weight excluding hydrogens is 1260 g/mol. The zero-order valence-corrected chi connectivity index (χ0v) is 54.9. The molecule has 6 aromatic rings. The maximum atomic E-state index is 14.8. The molecule has 26 heteroatoms. The number of amides is 4. The van der Waals surface area contributed by atoms with Crippen LogP contribution in [0.25, 0.3) is 43.9 Å².